The number of benzene rings is 2. The maximum atomic E-state index is 13.1. The van der Waals surface area contributed by atoms with E-state index in [9.17, 15) is 4.79 Å². The van der Waals surface area contributed by atoms with E-state index in [-0.39, 0.29) is 5.91 Å². The van der Waals surface area contributed by atoms with Crippen LogP contribution in [0, 0.1) is 0 Å². The van der Waals surface area contributed by atoms with Gasteiger partial charge in [-0.15, -0.1) is 0 Å². The van der Waals surface area contributed by atoms with E-state index < -0.39 is 0 Å². The number of carbonyl (C=O) groups is 1. The summed E-state index contributed by atoms with van der Waals surface area (Å²) in [6.45, 7) is 3.15. The number of amidine groups is 1. The Bertz CT molecular complexity index is 965. The summed E-state index contributed by atoms with van der Waals surface area (Å²) in [7, 11) is 3.26. The molecule has 0 N–H and O–H groups in total. The second kappa shape index (κ2) is 10.0. The van der Waals surface area contributed by atoms with Gasteiger partial charge in [0, 0.05) is 25.9 Å². The minimum atomic E-state index is -0.0436. The monoisotopic (exact) mass is 437 g/mol. The summed E-state index contributed by atoms with van der Waals surface area (Å²) in [4.78, 5) is 22.5. The number of ether oxygens (including phenoxy) is 2. The van der Waals surface area contributed by atoms with Gasteiger partial charge >= 0.3 is 0 Å². The molecule has 0 bridgehead atoms. The first-order valence-corrected chi connectivity index (χ1v) is 11.3. The molecule has 4 rings (SSSR count). The predicted molar refractivity (Wildman–Crippen MR) is 127 cm³/mol. The highest BCUT2D eigenvalue weighted by Crippen LogP contribution is 2.34. The van der Waals surface area contributed by atoms with E-state index in [1.54, 1.807) is 19.1 Å². The first-order valence-electron chi connectivity index (χ1n) is 10.5. The number of hydrogen-bond donors (Lipinski definition) is 0. The number of rotatable bonds is 7. The summed E-state index contributed by atoms with van der Waals surface area (Å²) in [5.41, 5.74) is 3.03. The molecule has 0 spiro atoms. The van der Waals surface area contributed by atoms with Crippen LogP contribution in [0.3, 0.4) is 0 Å². The zero-order chi connectivity index (χ0) is 21.6. The number of nitrogens with zero attached hydrogens (tertiary/aromatic N) is 3. The van der Waals surface area contributed by atoms with Crippen molar-refractivity contribution in [3.63, 3.8) is 0 Å². The fraction of sp³-hybridized carbons (Fsp3) is 0.333. The molecule has 0 aliphatic carbocycles. The molecule has 1 amide bonds. The van der Waals surface area contributed by atoms with E-state index in [0.717, 1.165) is 30.1 Å². The van der Waals surface area contributed by atoms with Crippen molar-refractivity contribution in [3.8, 4) is 5.75 Å². The zero-order valence-electron chi connectivity index (χ0n) is 17.9. The number of carbonyl (C=O) groups excluding carboxylic acids is 1. The van der Waals surface area contributed by atoms with E-state index >= 15 is 0 Å². The lowest BCUT2D eigenvalue weighted by molar-refractivity contribution is -0.122. The second-order valence-electron chi connectivity index (χ2n) is 7.44. The highest BCUT2D eigenvalue weighted by atomic mass is 32.2. The molecular weight excluding hydrogens is 410 g/mol. The molecule has 2 saturated heterocycles. The van der Waals surface area contributed by atoms with Crippen molar-refractivity contribution in [1.82, 2.24) is 4.90 Å². The van der Waals surface area contributed by atoms with E-state index in [1.807, 2.05) is 30.3 Å². The van der Waals surface area contributed by atoms with Crippen molar-refractivity contribution in [2.24, 2.45) is 4.99 Å². The molecule has 0 radical (unpaired) electrons. The van der Waals surface area contributed by atoms with Crippen LogP contribution >= 0.6 is 11.8 Å². The first-order chi connectivity index (χ1) is 15.2. The number of methoxy groups -OCH3 is 2. The summed E-state index contributed by atoms with van der Waals surface area (Å²) in [5, 5.41) is 0.659. The van der Waals surface area contributed by atoms with Gasteiger partial charge in [-0.25, -0.2) is 4.99 Å². The van der Waals surface area contributed by atoms with Crippen LogP contribution in [-0.2, 0) is 9.53 Å². The summed E-state index contributed by atoms with van der Waals surface area (Å²) in [6.07, 6.45) is 4.45. The van der Waals surface area contributed by atoms with Gasteiger partial charge < -0.3 is 14.4 Å². The van der Waals surface area contributed by atoms with Crippen LogP contribution in [0.4, 0.5) is 11.4 Å². The SMILES string of the molecule is COCCN1C(=O)/C(=C/c2ccc(N3CCCC3)cc2)SC1=Nc1ccc(OC)cc1. The van der Waals surface area contributed by atoms with E-state index in [4.69, 9.17) is 14.5 Å². The van der Waals surface area contributed by atoms with E-state index in [2.05, 4.69) is 29.2 Å². The number of hydrogen-bond acceptors (Lipinski definition) is 6. The molecule has 2 aromatic carbocycles. The smallest absolute Gasteiger partial charge is 0.266 e. The van der Waals surface area contributed by atoms with Crippen molar-refractivity contribution >= 4 is 40.3 Å². The lowest BCUT2D eigenvalue weighted by atomic mass is 10.2. The first kappa shape index (κ1) is 21.5. The summed E-state index contributed by atoms with van der Waals surface area (Å²) in [5.74, 6) is 0.728. The Balaban J connectivity index is 1.56. The molecule has 0 saturated carbocycles. The van der Waals surface area contributed by atoms with Crippen LogP contribution in [0.2, 0.25) is 0 Å². The number of anilines is 1. The molecule has 0 atom stereocenters. The molecule has 2 aromatic rings. The number of aliphatic imine (C=N–C) groups is 1. The largest absolute Gasteiger partial charge is 0.497 e. The maximum absolute atomic E-state index is 13.1. The van der Waals surface area contributed by atoms with Crippen LogP contribution < -0.4 is 9.64 Å². The van der Waals surface area contributed by atoms with Gasteiger partial charge in [-0.1, -0.05) is 12.1 Å². The van der Waals surface area contributed by atoms with Crippen LogP contribution in [0.5, 0.6) is 5.75 Å². The molecule has 2 aliphatic rings. The molecular formula is C24H27N3O3S. The topological polar surface area (TPSA) is 54.4 Å². The lowest BCUT2D eigenvalue weighted by Crippen LogP contribution is -2.32. The number of amides is 1. The highest BCUT2D eigenvalue weighted by molar-refractivity contribution is 8.18. The van der Waals surface area contributed by atoms with Gasteiger partial charge in [-0.3, -0.25) is 9.69 Å². The minimum absolute atomic E-state index is 0.0436. The van der Waals surface area contributed by atoms with Crippen molar-refractivity contribution in [1.29, 1.82) is 0 Å². The van der Waals surface area contributed by atoms with Gasteiger partial charge in [-0.05, 0) is 72.6 Å². The average Bonchev–Trinajstić information content (AvgIpc) is 3.43. The fourth-order valence-electron chi connectivity index (χ4n) is 3.65. The zero-order valence-corrected chi connectivity index (χ0v) is 18.7. The van der Waals surface area contributed by atoms with Crippen molar-refractivity contribution in [3.05, 3.63) is 59.0 Å². The number of thioether (sulfide) groups is 1. The van der Waals surface area contributed by atoms with E-state index in [0.29, 0.717) is 23.2 Å². The Morgan fingerprint density at radius 3 is 2.39 bits per heavy atom. The highest BCUT2D eigenvalue weighted by Gasteiger charge is 2.33. The quantitative estimate of drug-likeness (QED) is 0.595. The van der Waals surface area contributed by atoms with Crippen molar-refractivity contribution in [2.75, 3.05) is 45.4 Å². The van der Waals surface area contributed by atoms with Gasteiger partial charge in [0.2, 0.25) is 0 Å². The molecule has 162 valence electrons. The van der Waals surface area contributed by atoms with Crippen LogP contribution in [0.15, 0.2) is 58.4 Å². The van der Waals surface area contributed by atoms with Crippen LogP contribution in [0.25, 0.3) is 6.08 Å². The Hall–Kier alpha value is -2.77. The Labute approximate surface area is 187 Å². The predicted octanol–water partition coefficient (Wildman–Crippen LogP) is 4.55. The molecule has 2 aliphatic heterocycles. The molecule has 2 fully saturated rings. The maximum Gasteiger partial charge on any atom is 0.266 e. The van der Waals surface area contributed by atoms with E-state index in [1.165, 1.54) is 30.3 Å². The molecule has 2 heterocycles. The van der Waals surface area contributed by atoms with Crippen LogP contribution in [0.1, 0.15) is 18.4 Å². The van der Waals surface area contributed by atoms with Crippen LogP contribution in [-0.4, -0.2) is 56.4 Å². The minimum Gasteiger partial charge on any atom is -0.497 e. The lowest BCUT2D eigenvalue weighted by Gasteiger charge is -2.17. The summed E-state index contributed by atoms with van der Waals surface area (Å²) in [6, 6.07) is 15.9. The molecule has 31 heavy (non-hydrogen) atoms. The Kier molecular flexibility index (Phi) is 6.94. The third-order valence-corrected chi connectivity index (χ3v) is 6.37. The third-order valence-electron chi connectivity index (χ3n) is 5.37. The van der Waals surface area contributed by atoms with Crippen molar-refractivity contribution < 1.29 is 14.3 Å². The second-order valence-corrected chi connectivity index (χ2v) is 8.45. The van der Waals surface area contributed by atoms with Gasteiger partial charge in [-0.2, -0.15) is 0 Å². The standard InChI is InChI=1S/C24H27N3O3S/c1-29-16-15-27-23(28)22(31-24(27)25-19-7-11-21(30-2)12-8-19)17-18-5-9-20(10-6-18)26-13-3-4-14-26/h5-12,17H,3-4,13-16H2,1-2H3/b22-17-,25-24?. The van der Waals surface area contributed by atoms with Crippen molar-refractivity contribution in [2.45, 2.75) is 12.8 Å². The normalized spacial score (nSPS) is 19.1. The fourth-order valence-corrected chi connectivity index (χ4v) is 4.67. The summed E-state index contributed by atoms with van der Waals surface area (Å²) < 4.78 is 10.4. The van der Waals surface area contributed by atoms with Gasteiger partial charge in [0.15, 0.2) is 5.17 Å². The average molecular weight is 438 g/mol. The molecule has 0 aromatic heterocycles. The van der Waals surface area contributed by atoms with Gasteiger partial charge in [0.1, 0.15) is 5.75 Å². The Morgan fingerprint density at radius 1 is 1.03 bits per heavy atom. The molecule has 6 nitrogen and oxygen atoms in total. The third kappa shape index (κ3) is 5.11. The molecule has 7 heteroatoms. The Morgan fingerprint density at radius 2 is 1.74 bits per heavy atom. The molecule has 0 unspecified atom stereocenters. The van der Waals surface area contributed by atoms with Gasteiger partial charge in [0.05, 0.1) is 30.9 Å². The van der Waals surface area contributed by atoms with Gasteiger partial charge in [0.25, 0.3) is 5.91 Å². The summed E-state index contributed by atoms with van der Waals surface area (Å²) >= 11 is 1.40.